The van der Waals surface area contributed by atoms with E-state index in [1.807, 2.05) is 13.8 Å². The molecule has 2 rings (SSSR count). The Morgan fingerprint density at radius 1 is 1.07 bits per heavy atom. The summed E-state index contributed by atoms with van der Waals surface area (Å²) in [5, 5.41) is 0. The Bertz CT molecular complexity index is 881. The Balaban J connectivity index is 2.14. The van der Waals surface area contributed by atoms with E-state index in [2.05, 4.69) is 0 Å². The summed E-state index contributed by atoms with van der Waals surface area (Å²) in [5.41, 5.74) is 0.0850. The first-order valence-electron chi connectivity index (χ1n) is 9.58. The van der Waals surface area contributed by atoms with Crippen LogP contribution in [0.25, 0.3) is 0 Å². The standard InChI is InChI=1S/C20H29NO8S/c1-13(2)10-21(14-6-7-30(24,25)12-14)19(22)11-29-20(23)15-8-17(27-4)18(28-5)9-16(15)26-3/h8-9,13-14H,6-7,10-12H2,1-5H3. The average Bonchev–Trinajstić information content (AvgIpc) is 3.07. The minimum atomic E-state index is -3.15. The van der Waals surface area contributed by atoms with Crippen LogP contribution < -0.4 is 14.2 Å². The molecule has 1 fully saturated rings. The van der Waals surface area contributed by atoms with Gasteiger partial charge >= 0.3 is 5.97 Å². The molecule has 10 heteroatoms. The highest BCUT2D eigenvalue weighted by Gasteiger charge is 2.35. The summed E-state index contributed by atoms with van der Waals surface area (Å²) in [6, 6.07) is 2.50. The minimum Gasteiger partial charge on any atom is -0.496 e. The van der Waals surface area contributed by atoms with E-state index in [-0.39, 0.29) is 28.7 Å². The number of rotatable bonds is 9. The molecule has 1 aliphatic heterocycles. The van der Waals surface area contributed by atoms with E-state index < -0.39 is 34.4 Å². The van der Waals surface area contributed by atoms with Gasteiger partial charge in [0, 0.05) is 24.7 Å². The first-order chi connectivity index (χ1) is 14.1. The van der Waals surface area contributed by atoms with Crippen LogP contribution in [-0.4, -0.2) is 77.2 Å². The van der Waals surface area contributed by atoms with Gasteiger partial charge in [0.2, 0.25) is 0 Å². The summed E-state index contributed by atoms with van der Waals surface area (Å²) in [6.45, 7) is 3.75. The lowest BCUT2D eigenvalue weighted by molar-refractivity contribution is -0.137. The van der Waals surface area contributed by atoms with Crippen molar-refractivity contribution >= 4 is 21.7 Å². The molecule has 0 bridgehead atoms. The second kappa shape index (κ2) is 10.0. The number of hydrogen-bond donors (Lipinski definition) is 0. The van der Waals surface area contributed by atoms with Crippen LogP contribution in [-0.2, 0) is 19.4 Å². The van der Waals surface area contributed by atoms with Crippen molar-refractivity contribution in [3.05, 3.63) is 17.7 Å². The molecule has 1 heterocycles. The zero-order valence-electron chi connectivity index (χ0n) is 18.0. The van der Waals surface area contributed by atoms with Gasteiger partial charge in [-0.3, -0.25) is 4.79 Å². The van der Waals surface area contributed by atoms with Gasteiger partial charge in [-0.1, -0.05) is 13.8 Å². The Morgan fingerprint density at radius 3 is 2.17 bits per heavy atom. The van der Waals surface area contributed by atoms with Crippen LogP contribution in [0, 0.1) is 5.92 Å². The Morgan fingerprint density at radius 2 is 1.67 bits per heavy atom. The van der Waals surface area contributed by atoms with E-state index in [0.717, 1.165) is 0 Å². The summed E-state index contributed by atoms with van der Waals surface area (Å²) >= 11 is 0. The van der Waals surface area contributed by atoms with Crippen molar-refractivity contribution in [2.75, 3.05) is 46.0 Å². The quantitative estimate of drug-likeness (QED) is 0.529. The number of carbonyl (C=O) groups is 2. The van der Waals surface area contributed by atoms with Crippen molar-refractivity contribution in [2.45, 2.75) is 26.3 Å². The van der Waals surface area contributed by atoms with Crippen LogP contribution in [0.4, 0.5) is 0 Å². The predicted molar refractivity (Wildman–Crippen MR) is 110 cm³/mol. The molecule has 1 saturated heterocycles. The molecule has 1 atom stereocenters. The average molecular weight is 444 g/mol. The van der Waals surface area contributed by atoms with Gasteiger partial charge < -0.3 is 23.8 Å². The summed E-state index contributed by atoms with van der Waals surface area (Å²) < 4.78 is 44.5. The van der Waals surface area contributed by atoms with Gasteiger partial charge in [-0.05, 0) is 12.3 Å². The molecule has 1 aliphatic rings. The largest absolute Gasteiger partial charge is 0.496 e. The maximum Gasteiger partial charge on any atom is 0.342 e. The molecule has 0 aromatic heterocycles. The third-order valence-corrected chi connectivity index (χ3v) is 6.53. The van der Waals surface area contributed by atoms with Gasteiger partial charge in [0.1, 0.15) is 11.3 Å². The molecule has 0 aliphatic carbocycles. The van der Waals surface area contributed by atoms with Gasteiger partial charge in [-0.2, -0.15) is 0 Å². The van der Waals surface area contributed by atoms with Crippen LogP contribution in [0.5, 0.6) is 17.2 Å². The molecule has 9 nitrogen and oxygen atoms in total. The van der Waals surface area contributed by atoms with E-state index >= 15 is 0 Å². The molecule has 168 valence electrons. The monoisotopic (exact) mass is 443 g/mol. The first-order valence-corrected chi connectivity index (χ1v) is 11.4. The van der Waals surface area contributed by atoms with Crippen molar-refractivity contribution < 1.29 is 37.0 Å². The van der Waals surface area contributed by atoms with E-state index in [9.17, 15) is 18.0 Å². The first kappa shape index (κ1) is 23.8. The van der Waals surface area contributed by atoms with Gasteiger partial charge in [0.15, 0.2) is 27.9 Å². The topological polar surface area (TPSA) is 108 Å². The lowest BCUT2D eigenvalue weighted by Gasteiger charge is -2.29. The van der Waals surface area contributed by atoms with Crippen molar-refractivity contribution in [2.24, 2.45) is 5.92 Å². The Hall–Kier alpha value is -2.49. The summed E-state index contributed by atoms with van der Waals surface area (Å²) in [5.74, 6) is -0.152. The number of methoxy groups -OCH3 is 3. The van der Waals surface area contributed by atoms with E-state index in [0.29, 0.717) is 24.5 Å². The third-order valence-electron chi connectivity index (χ3n) is 4.78. The summed E-state index contributed by atoms with van der Waals surface area (Å²) in [7, 11) is 1.14. The second-order valence-electron chi connectivity index (χ2n) is 7.48. The van der Waals surface area contributed by atoms with Crippen molar-refractivity contribution in [1.82, 2.24) is 4.90 Å². The van der Waals surface area contributed by atoms with Crippen LogP contribution in [0.3, 0.4) is 0 Å². The van der Waals surface area contributed by atoms with Gasteiger partial charge in [0.05, 0.1) is 32.8 Å². The third kappa shape index (κ3) is 5.78. The molecule has 30 heavy (non-hydrogen) atoms. The van der Waals surface area contributed by atoms with Gasteiger partial charge in [-0.15, -0.1) is 0 Å². The fourth-order valence-electron chi connectivity index (χ4n) is 3.35. The zero-order chi connectivity index (χ0) is 22.5. The molecule has 0 radical (unpaired) electrons. The number of carbonyl (C=O) groups excluding carboxylic acids is 2. The molecular weight excluding hydrogens is 414 g/mol. The summed E-state index contributed by atoms with van der Waals surface area (Å²) in [6.07, 6.45) is 0.387. The molecule has 0 saturated carbocycles. The van der Waals surface area contributed by atoms with Gasteiger partial charge in [-0.25, -0.2) is 13.2 Å². The number of hydrogen-bond acceptors (Lipinski definition) is 8. The number of nitrogens with zero attached hydrogens (tertiary/aromatic N) is 1. The minimum absolute atomic E-state index is 0.0577. The fourth-order valence-corrected chi connectivity index (χ4v) is 5.08. The van der Waals surface area contributed by atoms with Crippen molar-refractivity contribution in [3.8, 4) is 17.2 Å². The molecule has 1 unspecified atom stereocenters. The smallest absolute Gasteiger partial charge is 0.342 e. The fraction of sp³-hybridized carbons (Fsp3) is 0.600. The number of sulfone groups is 1. The lowest BCUT2D eigenvalue weighted by Crippen LogP contribution is -2.45. The maximum absolute atomic E-state index is 12.8. The second-order valence-corrected chi connectivity index (χ2v) is 9.71. The van der Waals surface area contributed by atoms with Crippen LogP contribution in [0.2, 0.25) is 0 Å². The SMILES string of the molecule is COc1cc(OC)c(C(=O)OCC(=O)N(CC(C)C)C2CCS(=O)(=O)C2)cc1OC. The predicted octanol–water partition coefficient (Wildman–Crippen LogP) is 1.54. The molecular formula is C20H29NO8S. The molecule has 1 amide bonds. The Kier molecular flexibility index (Phi) is 7.94. The summed E-state index contributed by atoms with van der Waals surface area (Å²) in [4.78, 5) is 26.9. The molecule has 0 spiro atoms. The van der Waals surface area contributed by atoms with E-state index in [4.69, 9.17) is 18.9 Å². The number of benzene rings is 1. The highest BCUT2D eigenvalue weighted by Crippen LogP contribution is 2.35. The molecule has 1 aromatic carbocycles. The highest BCUT2D eigenvalue weighted by atomic mass is 32.2. The highest BCUT2D eigenvalue weighted by molar-refractivity contribution is 7.91. The number of amides is 1. The zero-order valence-corrected chi connectivity index (χ0v) is 18.8. The van der Waals surface area contributed by atoms with E-state index in [1.165, 1.54) is 38.4 Å². The normalized spacial score (nSPS) is 17.5. The van der Waals surface area contributed by atoms with Crippen molar-refractivity contribution in [1.29, 1.82) is 0 Å². The molecule has 0 N–H and O–H groups in total. The lowest BCUT2D eigenvalue weighted by atomic mass is 10.1. The van der Waals surface area contributed by atoms with E-state index in [1.54, 1.807) is 0 Å². The number of ether oxygens (including phenoxy) is 4. The van der Waals surface area contributed by atoms with Crippen LogP contribution in [0.15, 0.2) is 12.1 Å². The van der Waals surface area contributed by atoms with Crippen molar-refractivity contribution in [3.63, 3.8) is 0 Å². The Labute approximate surface area is 177 Å². The van der Waals surface area contributed by atoms with Gasteiger partial charge in [0.25, 0.3) is 5.91 Å². The van der Waals surface area contributed by atoms with Crippen LogP contribution >= 0.6 is 0 Å². The maximum atomic E-state index is 12.8. The number of esters is 1. The van der Waals surface area contributed by atoms with Crippen LogP contribution in [0.1, 0.15) is 30.6 Å². The molecule has 1 aromatic rings.